The Bertz CT molecular complexity index is 632. The van der Waals surface area contributed by atoms with Crippen LogP contribution in [0.25, 0.3) is 0 Å². The molecule has 4 rings (SSSR count). The van der Waals surface area contributed by atoms with Crippen LogP contribution < -0.4 is 5.32 Å². The van der Waals surface area contributed by atoms with Crippen LogP contribution >= 0.6 is 0 Å². The van der Waals surface area contributed by atoms with Gasteiger partial charge in [-0.3, -0.25) is 14.5 Å². The van der Waals surface area contributed by atoms with Gasteiger partial charge in [0.15, 0.2) is 0 Å². The van der Waals surface area contributed by atoms with Crippen LogP contribution in [0.2, 0.25) is 0 Å². The molecular weight excluding hydrogens is 318 g/mol. The number of morpholine rings is 1. The first-order valence-corrected chi connectivity index (χ1v) is 9.16. The Morgan fingerprint density at radius 1 is 1.20 bits per heavy atom. The molecule has 2 amide bonds. The lowest BCUT2D eigenvalue weighted by Crippen LogP contribution is -2.57. The fourth-order valence-corrected chi connectivity index (χ4v) is 3.77. The third kappa shape index (κ3) is 3.85. The van der Waals surface area contributed by atoms with Gasteiger partial charge in [0.05, 0.1) is 6.61 Å². The maximum absolute atomic E-state index is 12.8. The fraction of sp³-hybridized carbons (Fsp3) is 0.579. The van der Waals surface area contributed by atoms with Gasteiger partial charge < -0.3 is 15.0 Å². The highest BCUT2D eigenvalue weighted by molar-refractivity contribution is 5.89. The number of hydrogen-bond acceptors (Lipinski definition) is 4. The number of nitrogens with one attached hydrogen (secondary N) is 1. The Hall–Kier alpha value is -1.92. The van der Waals surface area contributed by atoms with Crippen molar-refractivity contribution in [3.8, 4) is 0 Å². The van der Waals surface area contributed by atoms with Crippen molar-refractivity contribution >= 4 is 11.8 Å². The summed E-state index contributed by atoms with van der Waals surface area (Å²) < 4.78 is 5.35. The van der Waals surface area contributed by atoms with E-state index in [4.69, 9.17) is 4.74 Å². The van der Waals surface area contributed by atoms with Gasteiger partial charge in [-0.1, -0.05) is 30.3 Å². The average Bonchev–Trinajstić information content (AvgIpc) is 3.37. The van der Waals surface area contributed by atoms with Crippen molar-refractivity contribution in [1.29, 1.82) is 0 Å². The van der Waals surface area contributed by atoms with E-state index >= 15 is 0 Å². The van der Waals surface area contributed by atoms with Gasteiger partial charge in [-0.15, -0.1) is 0 Å². The summed E-state index contributed by atoms with van der Waals surface area (Å²) in [6.45, 7) is 2.75. The van der Waals surface area contributed by atoms with E-state index < -0.39 is 6.04 Å². The Labute approximate surface area is 148 Å². The number of hydrogen-bond donors (Lipinski definition) is 1. The van der Waals surface area contributed by atoms with Crippen LogP contribution in [0, 0.1) is 0 Å². The number of nitrogens with zero attached hydrogens (tertiary/aromatic N) is 2. The zero-order chi connectivity index (χ0) is 17.2. The van der Waals surface area contributed by atoms with Gasteiger partial charge in [0, 0.05) is 31.7 Å². The summed E-state index contributed by atoms with van der Waals surface area (Å²) >= 11 is 0. The Morgan fingerprint density at radius 2 is 2.00 bits per heavy atom. The smallest absolute Gasteiger partial charge is 0.249 e. The van der Waals surface area contributed by atoms with Gasteiger partial charge >= 0.3 is 0 Å². The molecule has 0 spiro atoms. The molecule has 1 aromatic carbocycles. The van der Waals surface area contributed by atoms with Gasteiger partial charge in [0.1, 0.15) is 12.6 Å². The van der Waals surface area contributed by atoms with Crippen LogP contribution in [-0.2, 0) is 20.9 Å². The molecule has 2 heterocycles. The predicted molar refractivity (Wildman–Crippen MR) is 92.7 cm³/mol. The molecular formula is C19H25N3O3. The topological polar surface area (TPSA) is 61.9 Å². The highest BCUT2D eigenvalue weighted by Crippen LogP contribution is 2.29. The first kappa shape index (κ1) is 16.5. The summed E-state index contributed by atoms with van der Waals surface area (Å²) in [5.74, 6) is -0.215. The molecule has 0 radical (unpaired) electrons. The van der Waals surface area contributed by atoms with Crippen LogP contribution in [0.5, 0.6) is 0 Å². The van der Waals surface area contributed by atoms with Gasteiger partial charge in [0.2, 0.25) is 11.8 Å². The largest absolute Gasteiger partial charge is 0.369 e. The molecule has 1 N–H and O–H groups in total. The molecule has 6 heteroatoms. The van der Waals surface area contributed by atoms with Crippen LogP contribution in [0.4, 0.5) is 0 Å². The second-order valence-corrected chi connectivity index (χ2v) is 7.26. The van der Waals surface area contributed by atoms with E-state index in [-0.39, 0.29) is 31.1 Å². The Morgan fingerprint density at radius 3 is 2.76 bits per heavy atom. The van der Waals surface area contributed by atoms with Gasteiger partial charge in [0.25, 0.3) is 0 Å². The molecule has 2 atom stereocenters. The highest BCUT2D eigenvalue weighted by Gasteiger charge is 2.38. The van der Waals surface area contributed by atoms with Crippen LogP contribution in [-0.4, -0.2) is 66.0 Å². The van der Waals surface area contributed by atoms with Gasteiger partial charge in [-0.25, -0.2) is 0 Å². The number of ether oxygens (including phenoxy) is 1. The van der Waals surface area contributed by atoms with Crippen LogP contribution in [0.3, 0.4) is 0 Å². The SMILES string of the molecule is O=C(N[C@H]1CCN(C2CC2)C1)[C@H]1COCC(=O)N1Cc1ccccc1. The molecule has 0 aromatic heterocycles. The number of amides is 2. The molecule has 6 nitrogen and oxygen atoms in total. The minimum Gasteiger partial charge on any atom is -0.369 e. The second kappa shape index (κ2) is 7.14. The quantitative estimate of drug-likeness (QED) is 0.858. The fourth-order valence-electron chi connectivity index (χ4n) is 3.77. The summed E-state index contributed by atoms with van der Waals surface area (Å²) in [4.78, 5) is 29.2. The normalized spacial score (nSPS) is 27.5. The molecule has 3 aliphatic rings. The summed E-state index contributed by atoms with van der Waals surface area (Å²) in [5.41, 5.74) is 1.02. The summed E-state index contributed by atoms with van der Waals surface area (Å²) in [6, 6.07) is 10.2. The van der Waals surface area contributed by atoms with Crippen molar-refractivity contribution in [1.82, 2.24) is 15.1 Å². The van der Waals surface area contributed by atoms with E-state index in [1.165, 1.54) is 12.8 Å². The molecule has 1 aromatic rings. The van der Waals surface area contributed by atoms with Crippen molar-refractivity contribution in [2.24, 2.45) is 0 Å². The van der Waals surface area contributed by atoms with Crippen molar-refractivity contribution in [3.05, 3.63) is 35.9 Å². The van der Waals surface area contributed by atoms with E-state index in [1.807, 2.05) is 30.3 Å². The molecule has 25 heavy (non-hydrogen) atoms. The zero-order valence-corrected chi connectivity index (χ0v) is 14.4. The van der Waals surface area contributed by atoms with Crippen molar-refractivity contribution < 1.29 is 14.3 Å². The zero-order valence-electron chi connectivity index (χ0n) is 14.4. The summed E-state index contributed by atoms with van der Waals surface area (Å²) in [5, 5.41) is 3.14. The molecule has 1 saturated carbocycles. The molecule has 2 aliphatic heterocycles. The highest BCUT2D eigenvalue weighted by atomic mass is 16.5. The molecule has 3 fully saturated rings. The minimum atomic E-state index is -0.545. The maximum Gasteiger partial charge on any atom is 0.249 e. The monoisotopic (exact) mass is 343 g/mol. The first-order valence-electron chi connectivity index (χ1n) is 9.16. The lowest BCUT2D eigenvalue weighted by atomic mass is 10.1. The third-order valence-corrected chi connectivity index (χ3v) is 5.33. The number of likely N-dealkylation sites (tertiary alicyclic amines) is 1. The standard InChI is InChI=1S/C19H25N3O3/c23-18-13-25-12-17(22(18)10-14-4-2-1-3-5-14)19(24)20-15-8-9-21(11-15)16-6-7-16/h1-5,15-17H,6-13H2,(H,20,24)/t15-,17+/m0/s1. The molecule has 0 bridgehead atoms. The maximum atomic E-state index is 12.8. The second-order valence-electron chi connectivity index (χ2n) is 7.26. The lowest BCUT2D eigenvalue weighted by Gasteiger charge is -2.35. The van der Waals surface area contributed by atoms with Gasteiger partial charge in [-0.05, 0) is 24.8 Å². The van der Waals surface area contributed by atoms with E-state index in [0.29, 0.717) is 6.54 Å². The van der Waals surface area contributed by atoms with E-state index in [0.717, 1.165) is 31.1 Å². The number of carbonyl (C=O) groups excluding carboxylic acids is 2. The van der Waals surface area contributed by atoms with E-state index in [9.17, 15) is 9.59 Å². The van der Waals surface area contributed by atoms with Gasteiger partial charge in [-0.2, -0.15) is 0 Å². The summed E-state index contributed by atoms with van der Waals surface area (Å²) in [7, 11) is 0. The van der Waals surface area contributed by atoms with E-state index in [1.54, 1.807) is 4.90 Å². The molecule has 2 saturated heterocycles. The molecule has 134 valence electrons. The number of benzene rings is 1. The van der Waals surface area contributed by atoms with E-state index in [2.05, 4.69) is 10.2 Å². The van der Waals surface area contributed by atoms with Crippen molar-refractivity contribution in [2.75, 3.05) is 26.3 Å². The molecule has 1 aliphatic carbocycles. The minimum absolute atomic E-state index is 0.0511. The number of carbonyl (C=O) groups is 2. The van der Waals surface area contributed by atoms with Crippen LogP contribution in [0.15, 0.2) is 30.3 Å². The lowest BCUT2D eigenvalue weighted by molar-refractivity contribution is -0.155. The van der Waals surface area contributed by atoms with Crippen molar-refractivity contribution in [3.63, 3.8) is 0 Å². The average molecular weight is 343 g/mol. The Balaban J connectivity index is 1.39. The van der Waals surface area contributed by atoms with Crippen LogP contribution in [0.1, 0.15) is 24.8 Å². The Kier molecular flexibility index (Phi) is 4.72. The molecule has 0 unspecified atom stereocenters. The number of rotatable bonds is 5. The third-order valence-electron chi connectivity index (χ3n) is 5.33. The predicted octanol–water partition coefficient (Wildman–Crippen LogP) is 0.767. The van der Waals surface area contributed by atoms with Crippen molar-refractivity contribution in [2.45, 2.75) is 43.9 Å². The summed E-state index contributed by atoms with van der Waals surface area (Å²) in [6.07, 6.45) is 3.56. The first-order chi connectivity index (χ1) is 12.2.